The van der Waals surface area contributed by atoms with Crippen molar-refractivity contribution in [2.24, 2.45) is 0 Å². The van der Waals surface area contributed by atoms with E-state index < -0.39 is 0 Å². The molecule has 1 heterocycles. The first kappa shape index (κ1) is 9.79. The van der Waals surface area contributed by atoms with Crippen molar-refractivity contribution in [1.29, 1.82) is 5.26 Å². The van der Waals surface area contributed by atoms with Gasteiger partial charge in [0.05, 0.1) is 19.0 Å². The molecule has 0 aliphatic carbocycles. The summed E-state index contributed by atoms with van der Waals surface area (Å²) in [5, 5.41) is 8.46. The molecule has 3 nitrogen and oxygen atoms in total. The highest BCUT2D eigenvalue weighted by Crippen LogP contribution is 1.96. The first-order valence-corrected chi connectivity index (χ1v) is 4.71. The van der Waals surface area contributed by atoms with E-state index in [-0.39, 0.29) is 0 Å². The lowest BCUT2D eigenvalue weighted by Gasteiger charge is -1.96. The summed E-state index contributed by atoms with van der Waals surface area (Å²) >= 11 is 0. The number of rotatable bonds is 4. The summed E-state index contributed by atoms with van der Waals surface area (Å²) in [6.45, 7) is 6.12. The van der Waals surface area contributed by atoms with Gasteiger partial charge in [0.25, 0.3) is 5.82 Å². The van der Waals surface area contributed by atoms with Gasteiger partial charge in [0.1, 0.15) is 18.9 Å². The summed E-state index contributed by atoms with van der Waals surface area (Å²) in [5.41, 5.74) is 0. The predicted octanol–water partition coefficient (Wildman–Crippen LogP) is 1.41. The maximum atomic E-state index is 8.46. The normalized spacial score (nSPS) is 9.92. The predicted molar refractivity (Wildman–Crippen MR) is 49.9 cm³/mol. The molecule has 1 rings (SSSR count). The maximum absolute atomic E-state index is 8.46. The Hall–Kier alpha value is -1.30. The highest BCUT2D eigenvalue weighted by molar-refractivity contribution is 4.81. The summed E-state index contributed by atoms with van der Waals surface area (Å²) in [6, 6.07) is 2.15. The van der Waals surface area contributed by atoms with Crippen molar-refractivity contribution < 1.29 is 4.57 Å². The molecule has 0 amide bonds. The van der Waals surface area contributed by atoms with Crippen molar-refractivity contribution in [3.8, 4) is 6.07 Å². The number of nitrogens with zero attached hydrogens (tertiary/aromatic N) is 3. The largest absolute Gasteiger partial charge is 0.253 e. The Kier molecular flexibility index (Phi) is 3.51. The average Bonchev–Trinajstić information content (AvgIpc) is 2.46. The number of nitriles is 1. The zero-order valence-electron chi connectivity index (χ0n) is 8.32. The van der Waals surface area contributed by atoms with Crippen molar-refractivity contribution >= 4 is 0 Å². The van der Waals surface area contributed by atoms with Crippen LogP contribution in [0.15, 0.2) is 12.4 Å². The van der Waals surface area contributed by atoms with Crippen LogP contribution in [0.25, 0.3) is 0 Å². The lowest BCUT2D eigenvalue weighted by molar-refractivity contribution is -0.702. The monoisotopic (exact) mass is 178 g/mol. The third-order valence-electron chi connectivity index (χ3n) is 2.19. The van der Waals surface area contributed by atoms with Crippen LogP contribution < -0.4 is 4.57 Å². The zero-order valence-corrected chi connectivity index (χ0v) is 8.32. The van der Waals surface area contributed by atoms with Crippen molar-refractivity contribution in [1.82, 2.24) is 4.57 Å². The second kappa shape index (κ2) is 4.66. The molecule has 3 heteroatoms. The smallest absolute Gasteiger partial charge is 0.235 e. The Labute approximate surface area is 79.2 Å². The second-order valence-electron chi connectivity index (χ2n) is 3.14. The molecule has 0 saturated carbocycles. The van der Waals surface area contributed by atoms with E-state index >= 15 is 0 Å². The van der Waals surface area contributed by atoms with Gasteiger partial charge in [-0.2, -0.15) is 5.26 Å². The van der Waals surface area contributed by atoms with E-state index in [0.717, 1.165) is 19.5 Å². The van der Waals surface area contributed by atoms with E-state index in [1.54, 1.807) is 0 Å². The Morgan fingerprint density at radius 2 is 2.38 bits per heavy atom. The number of imidazole rings is 1. The van der Waals surface area contributed by atoms with Gasteiger partial charge in [-0.3, -0.25) is 0 Å². The van der Waals surface area contributed by atoms with Gasteiger partial charge in [0.15, 0.2) is 0 Å². The number of hydrogen-bond acceptors (Lipinski definition) is 1. The summed E-state index contributed by atoms with van der Waals surface area (Å²) in [4.78, 5) is 0. The Balaban J connectivity index is 2.69. The van der Waals surface area contributed by atoms with E-state index in [4.69, 9.17) is 5.26 Å². The molecule has 0 atom stereocenters. The van der Waals surface area contributed by atoms with E-state index in [1.807, 2.05) is 6.20 Å². The van der Waals surface area contributed by atoms with Crippen LogP contribution in [0.1, 0.15) is 25.6 Å². The standard InChI is InChI=1S/C10H16N3/c1-3-6-12-8-9-13(10(12)2)7-4-5-11/h8-9H,3-4,6-7H2,1-2H3/q+1. The molecule has 1 aromatic heterocycles. The van der Waals surface area contributed by atoms with Crippen molar-refractivity contribution in [2.45, 2.75) is 39.8 Å². The van der Waals surface area contributed by atoms with Crippen LogP contribution in [0.3, 0.4) is 0 Å². The lowest BCUT2D eigenvalue weighted by atomic mass is 10.4. The van der Waals surface area contributed by atoms with Gasteiger partial charge in [-0.1, -0.05) is 6.92 Å². The molecule has 0 aliphatic heterocycles. The topological polar surface area (TPSA) is 32.6 Å². The van der Waals surface area contributed by atoms with E-state index in [9.17, 15) is 0 Å². The van der Waals surface area contributed by atoms with Crippen molar-refractivity contribution in [3.05, 3.63) is 18.2 Å². The van der Waals surface area contributed by atoms with Crippen LogP contribution >= 0.6 is 0 Å². The van der Waals surface area contributed by atoms with Crippen molar-refractivity contribution in [2.75, 3.05) is 0 Å². The molecule has 0 spiro atoms. The average molecular weight is 178 g/mol. The Bertz CT molecular complexity index is 306. The molecule has 0 aromatic carbocycles. The van der Waals surface area contributed by atoms with Crippen LogP contribution in [-0.2, 0) is 13.1 Å². The van der Waals surface area contributed by atoms with Crippen LogP contribution in [0, 0.1) is 18.3 Å². The van der Waals surface area contributed by atoms with Gasteiger partial charge in [-0.25, -0.2) is 9.13 Å². The molecule has 0 saturated heterocycles. The minimum absolute atomic E-state index is 0.585. The van der Waals surface area contributed by atoms with Crippen molar-refractivity contribution in [3.63, 3.8) is 0 Å². The molecule has 13 heavy (non-hydrogen) atoms. The first-order valence-electron chi connectivity index (χ1n) is 4.71. The number of aryl methyl sites for hydroxylation is 2. The molecule has 1 aromatic rings. The molecule has 0 unspecified atom stereocenters. The zero-order chi connectivity index (χ0) is 9.68. The van der Waals surface area contributed by atoms with Gasteiger partial charge in [0, 0.05) is 6.92 Å². The van der Waals surface area contributed by atoms with E-state index in [0.29, 0.717) is 6.42 Å². The molecular weight excluding hydrogens is 162 g/mol. The molecule has 0 radical (unpaired) electrons. The lowest BCUT2D eigenvalue weighted by Crippen LogP contribution is -2.35. The fourth-order valence-corrected chi connectivity index (χ4v) is 1.43. The van der Waals surface area contributed by atoms with Crippen LogP contribution in [0.2, 0.25) is 0 Å². The SMILES string of the molecule is CCC[n+]1ccn(CCC#N)c1C. The second-order valence-corrected chi connectivity index (χ2v) is 3.14. The highest BCUT2D eigenvalue weighted by atomic mass is 15.1. The van der Waals surface area contributed by atoms with E-state index in [2.05, 4.69) is 35.2 Å². The third kappa shape index (κ3) is 2.32. The van der Waals surface area contributed by atoms with Crippen LogP contribution in [-0.4, -0.2) is 4.57 Å². The summed E-state index contributed by atoms with van der Waals surface area (Å²) in [5.74, 6) is 1.23. The molecule has 0 N–H and O–H groups in total. The molecule has 0 bridgehead atoms. The van der Waals surface area contributed by atoms with Gasteiger partial charge in [-0.05, 0) is 6.42 Å². The molecule has 0 fully saturated rings. The first-order chi connectivity index (χ1) is 6.29. The summed E-state index contributed by atoms with van der Waals surface area (Å²) in [6.07, 6.45) is 5.86. The number of aromatic nitrogens is 2. The van der Waals surface area contributed by atoms with Gasteiger partial charge in [0.2, 0.25) is 0 Å². The molecule has 0 aliphatic rings. The molecular formula is C10H16N3+. The van der Waals surface area contributed by atoms with Gasteiger partial charge < -0.3 is 0 Å². The summed E-state index contributed by atoms with van der Waals surface area (Å²) < 4.78 is 4.34. The number of hydrogen-bond donors (Lipinski definition) is 0. The summed E-state index contributed by atoms with van der Waals surface area (Å²) in [7, 11) is 0. The Morgan fingerprint density at radius 1 is 1.62 bits per heavy atom. The fourth-order valence-electron chi connectivity index (χ4n) is 1.43. The van der Waals surface area contributed by atoms with Crippen LogP contribution in [0.5, 0.6) is 0 Å². The molecule has 70 valence electrons. The fraction of sp³-hybridized carbons (Fsp3) is 0.600. The van der Waals surface area contributed by atoms with E-state index in [1.165, 1.54) is 5.82 Å². The maximum Gasteiger partial charge on any atom is 0.253 e. The minimum atomic E-state index is 0.585. The Morgan fingerprint density at radius 3 is 3.00 bits per heavy atom. The minimum Gasteiger partial charge on any atom is -0.235 e. The van der Waals surface area contributed by atoms with Gasteiger partial charge in [-0.15, -0.1) is 0 Å². The quantitative estimate of drug-likeness (QED) is 0.641. The van der Waals surface area contributed by atoms with Gasteiger partial charge >= 0.3 is 0 Å². The third-order valence-corrected chi connectivity index (χ3v) is 2.19. The van der Waals surface area contributed by atoms with Crippen LogP contribution in [0.4, 0.5) is 0 Å². The highest BCUT2D eigenvalue weighted by Gasteiger charge is 2.09.